The fourth-order valence-corrected chi connectivity index (χ4v) is 4.33. The van der Waals surface area contributed by atoms with E-state index < -0.39 is 0 Å². The van der Waals surface area contributed by atoms with Crippen molar-refractivity contribution in [1.82, 2.24) is 19.7 Å². The summed E-state index contributed by atoms with van der Waals surface area (Å²) in [5.41, 5.74) is 12.1. The Bertz CT molecular complexity index is 1030. The van der Waals surface area contributed by atoms with E-state index in [1.54, 1.807) is 0 Å². The number of aryl methyl sites for hydroxylation is 2. The van der Waals surface area contributed by atoms with Crippen LogP contribution < -0.4 is 5.73 Å². The number of nitrogens with two attached hydrogens (primary N) is 1. The third-order valence-electron chi connectivity index (χ3n) is 6.41. The van der Waals surface area contributed by atoms with Crippen LogP contribution in [0, 0.1) is 19.7 Å². The number of halogens is 1. The molecule has 3 aromatic rings. The van der Waals surface area contributed by atoms with Crippen molar-refractivity contribution in [2.24, 2.45) is 0 Å². The zero-order chi connectivity index (χ0) is 21.3. The Labute approximate surface area is 177 Å². The molecule has 0 atom stereocenters. The smallest absolute Gasteiger partial charge is 0.126 e. The minimum absolute atomic E-state index is 0.156. The van der Waals surface area contributed by atoms with Gasteiger partial charge in [-0.15, -0.1) is 0 Å². The second kappa shape index (κ2) is 8.56. The Morgan fingerprint density at radius 2 is 1.87 bits per heavy atom. The molecule has 4 rings (SSSR count). The molecule has 1 fully saturated rings. The average Bonchev–Trinajstić information content (AvgIpc) is 3.23. The van der Waals surface area contributed by atoms with Crippen LogP contribution >= 0.6 is 0 Å². The fourth-order valence-electron chi connectivity index (χ4n) is 4.33. The molecule has 1 aliphatic rings. The van der Waals surface area contributed by atoms with Crippen LogP contribution in [-0.4, -0.2) is 39.8 Å². The van der Waals surface area contributed by atoms with Gasteiger partial charge < -0.3 is 10.6 Å². The maximum atomic E-state index is 14.0. The van der Waals surface area contributed by atoms with Gasteiger partial charge >= 0.3 is 0 Å². The molecule has 5 nitrogen and oxygen atoms in total. The zero-order valence-corrected chi connectivity index (χ0v) is 18.0. The molecule has 2 N–H and O–H groups in total. The van der Waals surface area contributed by atoms with Gasteiger partial charge in [0.25, 0.3) is 0 Å². The van der Waals surface area contributed by atoms with E-state index in [4.69, 9.17) is 5.73 Å². The van der Waals surface area contributed by atoms with Gasteiger partial charge in [-0.3, -0.25) is 4.68 Å². The summed E-state index contributed by atoms with van der Waals surface area (Å²) in [6, 6.07) is 5.93. The Kier molecular flexibility index (Phi) is 5.86. The molecule has 1 saturated heterocycles. The van der Waals surface area contributed by atoms with Gasteiger partial charge in [0.15, 0.2) is 0 Å². The molecule has 2 aromatic heterocycles. The van der Waals surface area contributed by atoms with E-state index in [2.05, 4.69) is 39.0 Å². The van der Waals surface area contributed by atoms with E-state index in [0.717, 1.165) is 72.2 Å². The molecule has 0 amide bonds. The van der Waals surface area contributed by atoms with E-state index in [0.29, 0.717) is 11.9 Å². The first-order valence-corrected chi connectivity index (χ1v) is 10.6. The minimum Gasteiger partial charge on any atom is -0.383 e. The number of pyridine rings is 1. The number of likely N-dealkylation sites (tertiary alicyclic amines) is 1. The summed E-state index contributed by atoms with van der Waals surface area (Å²) in [4.78, 5) is 6.78. The Morgan fingerprint density at radius 1 is 1.10 bits per heavy atom. The van der Waals surface area contributed by atoms with E-state index in [1.165, 1.54) is 6.07 Å². The molecule has 1 aromatic carbocycles. The maximum Gasteiger partial charge on any atom is 0.126 e. The number of rotatable bonds is 5. The molecule has 30 heavy (non-hydrogen) atoms. The minimum atomic E-state index is -0.156. The van der Waals surface area contributed by atoms with Crippen LogP contribution in [0.3, 0.4) is 0 Å². The van der Waals surface area contributed by atoms with Gasteiger partial charge in [-0.2, -0.15) is 5.10 Å². The lowest BCUT2D eigenvalue weighted by atomic mass is 9.95. The first-order valence-electron chi connectivity index (χ1n) is 10.6. The molecule has 0 bridgehead atoms. The first kappa shape index (κ1) is 20.5. The van der Waals surface area contributed by atoms with Crippen molar-refractivity contribution >= 4 is 5.82 Å². The highest BCUT2D eigenvalue weighted by atomic mass is 19.1. The Hall–Kier alpha value is -2.73. The van der Waals surface area contributed by atoms with Crippen LogP contribution in [0.25, 0.3) is 11.1 Å². The number of piperidine rings is 1. The molecule has 0 spiro atoms. The van der Waals surface area contributed by atoms with Gasteiger partial charge in [0.05, 0.1) is 12.2 Å². The van der Waals surface area contributed by atoms with Crippen molar-refractivity contribution in [1.29, 1.82) is 0 Å². The summed E-state index contributed by atoms with van der Waals surface area (Å²) in [5.74, 6) is 0.380. The maximum absolute atomic E-state index is 14.0. The number of hydrogen-bond donors (Lipinski definition) is 1. The highest BCUT2D eigenvalue weighted by Gasteiger charge is 2.19. The van der Waals surface area contributed by atoms with Gasteiger partial charge in [0.1, 0.15) is 11.6 Å². The van der Waals surface area contributed by atoms with E-state index in [1.807, 2.05) is 32.3 Å². The van der Waals surface area contributed by atoms with Crippen LogP contribution in [0.1, 0.15) is 41.1 Å². The van der Waals surface area contributed by atoms with Crippen molar-refractivity contribution in [3.8, 4) is 11.1 Å². The summed E-state index contributed by atoms with van der Waals surface area (Å²) >= 11 is 0. The number of aromatic nitrogens is 3. The van der Waals surface area contributed by atoms with Crippen molar-refractivity contribution < 1.29 is 4.39 Å². The van der Waals surface area contributed by atoms with Crippen molar-refractivity contribution in [3.63, 3.8) is 0 Å². The summed E-state index contributed by atoms with van der Waals surface area (Å²) in [6.07, 6.45) is 9.54. The molecule has 0 saturated carbocycles. The van der Waals surface area contributed by atoms with Gasteiger partial charge in [-0.1, -0.05) is 6.07 Å². The molecule has 0 aliphatic carbocycles. The molecule has 6 heteroatoms. The average molecular weight is 408 g/mol. The number of benzene rings is 1. The van der Waals surface area contributed by atoms with Crippen LogP contribution in [0.5, 0.6) is 0 Å². The van der Waals surface area contributed by atoms with Crippen LogP contribution in [0.4, 0.5) is 10.2 Å². The number of nitrogen functional groups attached to an aromatic ring is 1. The van der Waals surface area contributed by atoms with E-state index in [9.17, 15) is 4.39 Å². The zero-order valence-electron chi connectivity index (χ0n) is 18.0. The van der Waals surface area contributed by atoms with E-state index in [-0.39, 0.29) is 5.82 Å². The summed E-state index contributed by atoms with van der Waals surface area (Å²) in [5, 5.41) is 4.62. The second-order valence-corrected chi connectivity index (χ2v) is 8.48. The highest BCUT2D eigenvalue weighted by Crippen LogP contribution is 2.27. The molecular weight excluding hydrogens is 377 g/mol. The van der Waals surface area contributed by atoms with Crippen LogP contribution in [0.2, 0.25) is 0 Å². The number of nitrogens with zero attached hydrogens (tertiary/aromatic N) is 4. The lowest BCUT2D eigenvalue weighted by Gasteiger charge is -2.28. The van der Waals surface area contributed by atoms with Crippen molar-refractivity contribution in [3.05, 3.63) is 64.9 Å². The fraction of sp³-hybridized carbons (Fsp3) is 0.417. The lowest BCUT2D eigenvalue weighted by molar-refractivity contribution is 0.212. The van der Waals surface area contributed by atoms with Crippen molar-refractivity contribution in [2.45, 2.75) is 45.6 Å². The third kappa shape index (κ3) is 4.24. The van der Waals surface area contributed by atoms with Gasteiger partial charge in [0, 0.05) is 23.5 Å². The quantitative estimate of drug-likeness (QED) is 0.684. The largest absolute Gasteiger partial charge is 0.383 e. The van der Waals surface area contributed by atoms with Gasteiger partial charge in [0.2, 0.25) is 0 Å². The highest BCUT2D eigenvalue weighted by molar-refractivity contribution is 5.64. The molecule has 0 radical (unpaired) electrons. The third-order valence-corrected chi connectivity index (χ3v) is 6.41. The predicted octanol–water partition coefficient (Wildman–Crippen LogP) is 4.34. The molecule has 1 aliphatic heterocycles. The van der Waals surface area contributed by atoms with Crippen molar-refractivity contribution in [2.75, 3.05) is 25.9 Å². The monoisotopic (exact) mass is 407 g/mol. The standard InChI is InChI=1S/C24H30FN5/c1-16-4-7-23(25)17(2)22(16)6-5-18-12-19(13-27-24(18)26)20-14-28-30(15-20)21-8-10-29(3)11-9-21/h4,7,12-15,21H,5-6,8-11H2,1-3H3,(H2,26,27). The molecule has 0 unspecified atom stereocenters. The number of anilines is 1. The molecule has 3 heterocycles. The number of hydrogen-bond acceptors (Lipinski definition) is 4. The Balaban J connectivity index is 1.52. The van der Waals surface area contributed by atoms with Crippen LogP contribution in [-0.2, 0) is 12.8 Å². The lowest BCUT2D eigenvalue weighted by Crippen LogP contribution is -2.31. The van der Waals surface area contributed by atoms with E-state index >= 15 is 0 Å². The van der Waals surface area contributed by atoms with Gasteiger partial charge in [-0.05, 0) is 94.1 Å². The predicted molar refractivity (Wildman–Crippen MR) is 119 cm³/mol. The first-order chi connectivity index (χ1) is 14.4. The molecular formula is C24H30FN5. The molecule has 158 valence electrons. The van der Waals surface area contributed by atoms with Gasteiger partial charge in [-0.25, -0.2) is 9.37 Å². The summed E-state index contributed by atoms with van der Waals surface area (Å²) in [7, 11) is 2.17. The Morgan fingerprint density at radius 3 is 2.63 bits per heavy atom. The normalized spacial score (nSPS) is 15.6. The summed E-state index contributed by atoms with van der Waals surface area (Å²) < 4.78 is 16.1. The topological polar surface area (TPSA) is 60.0 Å². The SMILES string of the molecule is Cc1ccc(F)c(C)c1CCc1cc(-c2cnn(C3CCN(C)CC3)c2)cnc1N. The second-order valence-electron chi connectivity index (χ2n) is 8.48. The summed E-state index contributed by atoms with van der Waals surface area (Å²) in [6.45, 7) is 6.07. The van der Waals surface area contributed by atoms with Crippen LogP contribution in [0.15, 0.2) is 36.8 Å².